The third-order valence-corrected chi connectivity index (χ3v) is 5.45. The van der Waals surface area contributed by atoms with Gasteiger partial charge in [-0.2, -0.15) is 0 Å². The highest BCUT2D eigenvalue weighted by Gasteiger charge is 2.31. The first-order valence-corrected chi connectivity index (χ1v) is 10.2. The molecule has 0 atom stereocenters. The van der Waals surface area contributed by atoms with Crippen LogP contribution in [0.5, 0.6) is 5.75 Å². The Hall–Kier alpha value is -2.36. The summed E-state index contributed by atoms with van der Waals surface area (Å²) in [6, 6.07) is 10.9. The van der Waals surface area contributed by atoms with Gasteiger partial charge in [0.15, 0.2) is 5.13 Å². The van der Waals surface area contributed by atoms with Gasteiger partial charge in [0, 0.05) is 24.2 Å². The van der Waals surface area contributed by atoms with E-state index >= 15 is 0 Å². The summed E-state index contributed by atoms with van der Waals surface area (Å²) in [5, 5.41) is 1.01. The second kappa shape index (κ2) is 9.20. The van der Waals surface area contributed by atoms with Crippen LogP contribution in [0, 0.1) is 0 Å². The summed E-state index contributed by atoms with van der Waals surface area (Å²) >= 11 is 7.04. The number of carbonyl (C=O) groups excluding carboxylic acids is 1. The fourth-order valence-corrected chi connectivity index (χ4v) is 3.87. The minimum atomic E-state index is -4.77. The lowest BCUT2D eigenvalue weighted by Crippen LogP contribution is -2.37. The van der Waals surface area contributed by atoms with E-state index in [0.29, 0.717) is 33.5 Å². The average Bonchev–Trinajstić information content (AvgIpc) is 3.05. The largest absolute Gasteiger partial charge is 0.573 e. The van der Waals surface area contributed by atoms with Crippen molar-refractivity contribution in [2.45, 2.75) is 12.8 Å². The van der Waals surface area contributed by atoms with Crippen LogP contribution in [0.3, 0.4) is 0 Å². The number of halogens is 4. The summed E-state index contributed by atoms with van der Waals surface area (Å²) in [4.78, 5) is 21.0. The zero-order chi connectivity index (χ0) is 21.9. The number of benzene rings is 2. The van der Waals surface area contributed by atoms with E-state index in [0.717, 1.165) is 16.9 Å². The number of alkyl halides is 3. The Labute approximate surface area is 180 Å². The topological polar surface area (TPSA) is 45.7 Å². The van der Waals surface area contributed by atoms with E-state index in [-0.39, 0.29) is 18.1 Å². The van der Waals surface area contributed by atoms with Gasteiger partial charge in [-0.25, -0.2) is 4.98 Å². The van der Waals surface area contributed by atoms with Gasteiger partial charge in [-0.05, 0) is 43.9 Å². The molecule has 0 spiro atoms. The Morgan fingerprint density at radius 3 is 2.47 bits per heavy atom. The lowest BCUT2D eigenvalue weighted by Gasteiger charge is -2.22. The summed E-state index contributed by atoms with van der Waals surface area (Å²) < 4.78 is 41.9. The van der Waals surface area contributed by atoms with Crippen molar-refractivity contribution < 1.29 is 22.7 Å². The molecule has 0 N–H and O–H groups in total. The molecule has 3 rings (SSSR count). The molecule has 0 radical (unpaired) electrons. The molecular weight excluding hydrogens is 439 g/mol. The van der Waals surface area contributed by atoms with Crippen LogP contribution in [0.2, 0.25) is 5.02 Å². The molecule has 30 heavy (non-hydrogen) atoms. The molecule has 0 bridgehead atoms. The van der Waals surface area contributed by atoms with E-state index in [1.165, 1.54) is 18.2 Å². The zero-order valence-corrected chi connectivity index (χ0v) is 17.8. The Bertz CT molecular complexity index is 1020. The van der Waals surface area contributed by atoms with E-state index in [1.807, 2.05) is 19.0 Å². The van der Waals surface area contributed by atoms with Gasteiger partial charge in [-0.15, -0.1) is 13.2 Å². The highest BCUT2D eigenvalue weighted by Crippen LogP contribution is 2.33. The first kappa shape index (κ1) is 22.3. The molecule has 0 aliphatic heterocycles. The van der Waals surface area contributed by atoms with E-state index in [1.54, 1.807) is 29.2 Å². The van der Waals surface area contributed by atoms with Crippen LogP contribution in [0.15, 0.2) is 42.5 Å². The molecule has 0 aliphatic carbocycles. The van der Waals surface area contributed by atoms with Gasteiger partial charge in [0.05, 0.1) is 16.6 Å². The SMILES string of the molecule is CN(C)CCN(C(=O)Cc1ccc(Cl)cc1)c1nc2ccc(OC(F)(F)F)cc2s1. The summed E-state index contributed by atoms with van der Waals surface area (Å²) in [5.74, 6) is -0.484. The molecule has 1 heterocycles. The van der Waals surface area contributed by atoms with Crippen molar-refractivity contribution in [1.29, 1.82) is 0 Å². The second-order valence-corrected chi connectivity index (χ2v) is 8.27. The number of aromatic nitrogens is 1. The summed E-state index contributed by atoms with van der Waals surface area (Å²) in [6.45, 7) is 0.996. The maximum atomic E-state index is 13.0. The first-order valence-electron chi connectivity index (χ1n) is 8.96. The third-order valence-electron chi connectivity index (χ3n) is 4.15. The fraction of sp³-hybridized carbons (Fsp3) is 0.300. The van der Waals surface area contributed by atoms with E-state index < -0.39 is 6.36 Å². The normalized spacial score (nSPS) is 11.8. The second-order valence-electron chi connectivity index (χ2n) is 6.83. The van der Waals surface area contributed by atoms with Crippen LogP contribution in [0.1, 0.15) is 5.56 Å². The van der Waals surface area contributed by atoms with Crippen molar-refractivity contribution in [2.24, 2.45) is 0 Å². The fourth-order valence-electron chi connectivity index (χ4n) is 2.70. The zero-order valence-electron chi connectivity index (χ0n) is 16.2. The van der Waals surface area contributed by atoms with Crippen molar-refractivity contribution >= 4 is 44.2 Å². The van der Waals surface area contributed by atoms with Gasteiger partial charge < -0.3 is 9.64 Å². The molecule has 10 heteroatoms. The average molecular weight is 458 g/mol. The van der Waals surface area contributed by atoms with E-state index in [9.17, 15) is 18.0 Å². The predicted octanol–water partition coefficient (Wildman–Crippen LogP) is 4.99. The number of hydrogen-bond acceptors (Lipinski definition) is 5. The maximum absolute atomic E-state index is 13.0. The third kappa shape index (κ3) is 6.07. The van der Waals surface area contributed by atoms with Crippen LogP contribution in [0.4, 0.5) is 18.3 Å². The van der Waals surface area contributed by atoms with Crippen molar-refractivity contribution in [3.05, 3.63) is 53.1 Å². The van der Waals surface area contributed by atoms with Crippen molar-refractivity contribution in [1.82, 2.24) is 9.88 Å². The number of ether oxygens (including phenoxy) is 1. The van der Waals surface area contributed by atoms with Crippen LogP contribution in [0.25, 0.3) is 10.2 Å². The number of fused-ring (bicyclic) bond motifs is 1. The number of likely N-dealkylation sites (N-methyl/N-ethyl adjacent to an activating group) is 1. The number of thiazole rings is 1. The Balaban J connectivity index is 1.87. The number of amides is 1. The predicted molar refractivity (Wildman–Crippen MR) is 112 cm³/mol. The minimum Gasteiger partial charge on any atom is -0.406 e. The molecule has 3 aromatic rings. The van der Waals surface area contributed by atoms with Gasteiger partial charge >= 0.3 is 6.36 Å². The maximum Gasteiger partial charge on any atom is 0.573 e. The highest BCUT2D eigenvalue weighted by molar-refractivity contribution is 7.22. The van der Waals surface area contributed by atoms with Crippen molar-refractivity contribution in [3.63, 3.8) is 0 Å². The lowest BCUT2D eigenvalue weighted by molar-refractivity contribution is -0.274. The van der Waals surface area contributed by atoms with Gasteiger partial charge in [-0.3, -0.25) is 9.69 Å². The number of rotatable bonds is 7. The van der Waals surface area contributed by atoms with Crippen LogP contribution < -0.4 is 9.64 Å². The molecule has 1 aromatic heterocycles. The Morgan fingerprint density at radius 1 is 1.13 bits per heavy atom. The molecule has 160 valence electrons. The Morgan fingerprint density at radius 2 is 1.83 bits per heavy atom. The molecule has 0 unspecified atom stereocenters. The molecule has 0 fully saturated rings. The van der Waals surface area contributed by atoms with Crippen molar-refractivity contribution in [3.8, 4) is 5.75 Å². The van der Waals surface area contributed by atoms with Crippen LogP contribution >= 0.6 is 22.9 Å². The molecule has 2 aromatic carbocycles. The van der Waals surface area contributed by atoms with Gasteiger partial charge in [0.25, 0.3) is 0 Å². The summed E-state index contributed by atoms with van der Waals surface area (Å²) in [7, 11) is 3.78. The van der Waals surface area contributed by atoms with Crippen LogP contribution in [-0.4, -0.2) is 49.3 Å². The van der Waals surface area contributed by atoms with E-state index in [4.69, 9.17) is 11.6 Å². The van der Waals surface area contributed by atoms with Gasteiger partial charge in [0.2, 0.25) is 5.91 Å². The number of anilines is 1. The van der Waals surface area contributed by atoms with Gasteiger partial charge in [-0.1, -0.05) is 35.1 Å². The Kier molecular flexibility index (Phi) is 6.84. The number of hydrogen-bond donors (Lipinski definition) is 0. The molecule has 0 aliphatic rings. The lowest BCUT2D eigenvalue weighted by atomic mass is 10.1. The van der Waals surface area contributed by atoms with Crippen LogP contribution in [-0.2, 0) is 11.2 Å². The number of carbonyl (C=O) groups is 1. The molecule has 5 nitrogen and oxygen atoms in total. The summed E-state index contributed by atoms with van der Waals surface area (Å²) in [5.41, 5.74) is 1.31. The number of nitrogens with zero attached hydrogens (tertiary/aromatic N) is 3. The monoisotopic (exact) mass is 457 g/mol. The van der Waals surface area contributed by atoms with E-state index in [2.05, 4.69) is 9.72 Å². The standard InChI is InChI=1S/C20H19ClF3N3O2S/c1-26(2)9-10-27(18(28)11-13-3-5-14(21)6-4-13)19-25-16-8-7-15(12-17(16)30-19)29-20(22,23)24/h3-8,12H,9-11H2,1-2H3. The van der Waals surface area contributed by atoms with Gasteiger partial charge in [0.1, 0.15) is 5.75 Å². The van der Waals surface area contributed by atoms with Crippen molar-refractivity contribution in [2.75, 3.05) is 32.1 Å². The molecule has 1 amide bonds. The highest BCUT2D eigenvalue weighted by atomic mass is 35.5. The minimum absolute atomic E-state index is 0.156. The quantitative estimate of drug-likeness (QED) is 0.501. The molecular formula is C20H19ClF3N3O2S. The smallest absolute Gasteiger partial charge is 0.406 e. The summed E-state index contributed by atoms with van der Waals surface area (Å²) in [6.07, 6.45) is -4.61. The first-order chi connectivity index (χ1) is 14.1. The molecule has 0 saturated heterocycles. The molecule has 0 saturated carbocycles.